The van der Waals surface area contributed by atoms with E-state index in [0.717, 1.165) is 22.8 Å². The fraction of sp³-hybridized carbons (Fsp3) is 0.195. The molecule has 8 rings (SSSR count). The quantitative estimate of drug-likeness (QED) is 0.131. The molecule has 4 aromatic carbocycles. The van der Waals surface area contributed by atoms with Gasteiger partial charge in [0.1, 0.15) is 23.3 Å². The standard InChI is InChI=1S/C22H21ClFN5O2.C19H17ClFN5O.ClH/c1-3-20(30)25-10-14-5-4-13(8-17(14)24)22(31)29-12-15-11-26-28(2)21(15)27-18-9-16(23)6-7-19(18)29;1-25-18-13(9-23-25)10-26(17-5-4-14(20)7-16(17)24-18)19(27)11-2-3-12(8-22)15(21)6-11;/h4-9,11,27H,3,10,12H2,1-2H3,(H,25,30);2-7,9,24H,8,10,22H2,1H3;1H. The maximum atomic E-state index is 14.6. The SMILES string of the molecule is CCC(=O)NCc1ccc(C(=O)N2Cc3cnn(C)c3Nc3cc(Cl)ccc32)cc1F.Cl.Cn1ncc2c1Nc1cc(Cl)ccc1N(C(=O)c1ccc(CN)c(F)c1)C2. The summed E-state index contributed by atoms with van der Waals surface area (Å²) in [5.74, 6) is -0.349. The van der Waals surface area contributed by atoms with Crippen molar-refractivity contribution in [3.63, 3.8) is 0 Å². The minimum Gasteiger partial charge on any atom is -0.352 e. The van der Waals surface area contributed by atoms with Gasteiger partial charge >= 0.3 is 0 Å². The zero-order chi connectivity index (χ0) is 41.2. The first kappa shape index (κ1) is 42.6. The van der Waals surface area contributed by atoms with Crippen LogP contribution < -0.4 is 31.5 Å². The number of rotatable bonds is 6. The largest absolute Gasteiger partial charge is 0.352 e. The zero-order valence-electron chi connectivity index (χ0n) is 32.0. The summed E-state index contributed by atoms with van der Waals surface area (Å²) in [7, 11) is 3.62. The Kier molecular flexibility index (Phi) is 12.9. The van der Waals surface area contributed by atoms with Gasteiger partial charge in [0.15, 0.2) is 0 Å². The topological polar surface area (TPSA) is 155 Å². The summed E-state index contributed by atoms with van der Waals surface area (Å²) in [5.41, 5.74) is 10.9. The minimum absolute atomic E-state index is 0. The second kappa shape index (κ2) is 17.9. The number of nitrogens with one attached hydrogen (secondary N) is 3. The monoisotopic (exact) mass is 862 g/mol. The van der Waals surface area contributed by atoms with Crippen molar-refractivity contribution in [1.29, 1.82) is 0 Å². The molecule has 0 spiro atoms. The summed E-state index contributed by atoms with van der Waals surface area (Å²) >= 11 is 12.3. The number of carbonyl (C=O) groups excluding carboxylic acids is 3. The Balaban J connectivity index is 0.000000197. The van der Waals surface area contributed by atoms with Gasteiger partial charge in [-0.2, -0.15) is 10.2 Å². The molecular formula is C41H39Cl3F2N10O3. The van der Waals surface area contributed by atoms with E-state index in [9.17, 15) is 23.2 Å². The second-order valence-corrected chi connectivity index (χ2v) is 14.5. The highest BCUT2D eigenvalue weighted by Crippen LogP contribution is 2.39. The predicted octanol–water partition coefficient (Wildman–Crippen LogP) is 8.14. The van der Waals surface area contributed by atoms with Crippen LogP contribution in [-0.4, -0.2) is 37.3 Å². The molecule has 13 nitrogen and oxygen atoms in total. The molecule has 0 atom stereocenters. The van der Waals surface area contributed by atoms with Crippen LogP contribution in [0.5, 0.6) is 0 Å². The van der Waals surface area contributed by atoms with Crippen molar-refractivity contribution in [3.8, 4) is 0 Å². The van der Waals surface area contributed by atoms with Crippen LogP contribution >= 0.6 is 35.6 Å². The summed E-state index contributed by atoms with van der Waals surface area (Å²) in [6, 6.07) is 19.1. The van der Waals surface area contributed by atoms with Crippen LogP contribution in [0.1, 0.15) is 56.3 Å². The Labute approximate surface area is 354 Å². The molecule has 2 aliphatic rings. The Bertz CT molecular complexity index is 2580. The zero-order valence-corrected chi connectivity index (χ0v) is 34.4. The molecule has 6 aromatic rings. The third-order valence-corrected chi connectivity index (χ3v) is 10.3. The molecule has 0 fully saturated rings. The van der Waals surface area contributed by atoms with Gasteiger partial charge in [-0.3, -0.25) is 23.7 Å². The summed E-state index contributed by atoms with van der Waals surface area (Å²) in [5, 5.41) is 18.8. The number of aryl methyl sites for hydroxylation is 2. The van der Waals surface area contributed by atoms with Crippen molar-refractivity contribution in [2.24, 2.45) is 19.8 Å². The van der Waals surface area contributed by atoms with Crippen molar-refractivity contribution in [3.05, 3.63) is 140 Å². The van der Waals surface area contributed by atoms with Crippen LogP contribution in [0.15, 0.2) is 85.2 Å². The number of amides is 3. The number of carbonyl (C=O) groups is 3. The smallest absolute Gasteiger partial charge is 0.258 e. The lowest BCUT2D eigenvalue weighted by atomic mass is 10.1. The third-order valence-electron chi connectivity index (χ3n) is 9.80. The second-order valence-electron chi connectivity index (χ2n) is 13.6. The maximum absolute atomic E-state index is 14.6. The molecular weight excluding hydrogens is 825 g/mol. The summed E-state index contributed by atoms with van der Waals surface area (Å²) in [4.78, 5) is 41.2. The lowest BCUT2D eigenvalue weighted by Gasteiger charge is -2.23. The van der Waals surface area contributed by atoms with Crippen LogP contribution in [0.4, 0.5) is 43.2 Å². The number of nitrogens with two attached hydrogens (primary N) is 1. The van der Waals surface area contributed by atoms with Crippen LogP contribution in [0.25, 0.3) is 0 Å². The summed E-state index contributed by atoms with van der Waals surface area (Å²) in [6.07, 6.45) is 3.71. The molecule has 2 aliphatic heterocycles. The van der Waals surface area contributed by atoms with E-state index in [1.807, 2.05) is 7.05 Å². The van der Waals surface area contributed by atoms with Crippen LogP contribution in [0.2, 0.25) is 10.0 Å². The van der Waals surface area contributed by atoms with Gasteiger partial charge in [-0.1, -0.05) is 42.3 Å². The molecule has 59 heavy (non-hydrogen) atoms. The summed E-state index contributed by atoms with van der Waals surface area (Å²) < 4.78 is 32.2. The van der Waals surface area contributed by atoms with Crippen LogP contribution in [-0.2, 0) is 45.1 Å². The third kappa shape index (κ3) is 8.88. The Hall–Kier alpha value is -6.00. The molecule has 18 heteroatoms. The highest BCUT2D eigenvalue weighted by atomic mass is 35.5. The molecule has 5 N–H and O–H groups in total. The van der Waals surface area contributed by atoms with E-state index in [0.29, 0.717) is 56.9 Å². The molecule has 2 aromatic heterocycles. The molecule has 0 saturated heterocycles. The van der Waals surface area contributed by atoms with Gasteiger partial charge < -0.3 is 31.5 Å². The highest BCUT2D eigenvalue weighted by molar-refractivity contribution is 6.31. The van der Waals surface area contributed by atoms with Crippen LogP contribution in [0.3, 0.4) is 0 Å². The number of halogens is 5. The molecule has 0 saturated carbocycles. The first-order chi connectivity index (χ1) is 27.8. The molecule has 0 bridgehead atoms. The van der Waals surface area contributed by atoms with Gasteiger partial charge in [0.05, 0.1) is 48.2 Å². The summed E-state index contributed by atoms with van der Waals surface area (Å²) in [6.45, 7) is 2.43. The molecule has 0 unspecified atom stereocenters. The van der Waals surface area contributed by atoms with Gasteiger partial charge in [0.2, 0.25) is 5.91 Å². The lowest BCUT2D eigenvalue weighted by Crippen LogP contribution is -2.30. The van der Waals surface area contributed by atoms with E-state index in [-0.39, 0.29) is 60.9 Å². The number of benzene rings is 4. The number of hydrogen-bond acceptors (Lipinski definition) is 8. The fourth-order valence-electron chi connectivity index (χ4n) is 6.64. The van der Waals surface area contributed by atoms with Crippen molar-refractivity contribution in [2.45, 2.75) is 39.5 Å². The van der Waals surface area contributed by atoms with E-state index >= 15 is 0 Å². The van der Waals surface area contributed by atoms with Crippen molar-refractivity contribution >= 4 is 87.7 Å². The average Bonchev–Trinajstić information content (AvgIpc) is 3.61. The van der Waals surface area contributed by atoms with Gasteiger partial charge in [-0.25, -0.2) is 8.78 Å². The Morgan fingerprint density at radius 3 is 1.61 bits per heavy atom. The molecule has 3 amide bonds. The minimum atomic E-state index is -0.548. The molecule has 0 radical (unpaired) electrons. The van der Waals surface area contributed by atoms with E-state index in [4.69, 9.17) is 28.9 Å². The van der Waals surface area contributed by atoms with Crippen LogP contribution in [0, 0.1) is 11.6 Å². The first-order valence-corrected chi connectivity index (χ1v) is 18.9. The van der Waals surface area contributed by atoms with Crippen molar-refractivity contribution in [1.82, 2.24) is 24.9 Å². The highest BCUT2D eigenvalue weighted by Gasteiger charge is 2.29. The van der Waals surface area contributed by atoms with Gasteiger partial charge in [-0.15, -0.1) is 12.4 Å². The normalized spacial score (nSPS) is 12.4. The number of aromatic nitrogens is 4. The number of anilines is 6. The Morgan fingerprint density at radius 2 is 1.19 bits per heavy atom. The van der Waals surface area contributed by atoms with Crippen molar-refractivity contribution in [2.75, 3.05) is 20.4 Å². The fourth-order valence-corrected chi connectivity index (χ4v) is 6.98. The lowest BCUT2D eigenvalue weighted by molar-refractivity contribution is -0.120. The number of hydrogen-bond donors (Lipinski definition) is 4. The van der Waals surface area contributed by atoms with Gasteiger partial charge in [0.25, 0.3) is 11.8 Å². The number of nitrogens with zero attached hydrogens (tertiary/aromatic N) is 6. The van der Waals surface area contributed by atoms with E-state index in [1.54, 1.807) is 94.1 Å². The van der Waals surface area contributed by atoms with E-state index in [1.165, 1.54) is 24.3 Å². The van der Waals surface area contributed by atoms with E-state index in [2.05, 4.69) is 26.1 Å². The Morgan fingerprint density at radius 1 is 0.729 bits per heavy atom. The van der Waals surface area contributed by atoms with Gasteiger partial charge in [0, 0.05) is 77.0 Å². The predicted molar refractivity (Wildman–Crippen MR) is 227 cm³/mol. The maximum Gasteiger partial charge on any atom is 0.258 e. The van der Waals surface area contributed by atoms with Crippen molar-refractivity contribution < 1.29 is 23.2 Å². The van der Waals surface area contributed by atoms with E-state index < -0.39 is 11.6 Å². The molecule has 4 heterocycles. The molecule has 0 aliphatic carbocycles. The number of fused-ring (bicyclic) bond motifs is 4. The average molecular weight is 864 g/mol. The first-order valence-electron chi connectivity index (χ1n) is 18.2. The van der Waals surface area contributed by atoms with Gasteiger partial charge in [-0.05, 0) is 60.7 Å². The molecule has 306 valence electrons.